The third-order valence-electron chi connectivity index (χ3n) is 2.64. The molecule has 0 saturated carbocycles. The fourth-order valence-corrected chi connectivity index (χ4v) is 2.87. The molecule has 0 atom stereocenters. The lowest BCUT2D eigenvalue weighted by molar-refractivity contribution is -0.107. The maximum Gasteiger partial charge on any atom is 0.178 e. The maximum atomic E-state index is 11.9. The van der Waals surface area contributed by atoms with Gasteiger partial charge >= 0.3 is 0 Å². The number of benzene rings is 1. The smallest absolute Gasteiger partial charge is 0.178 e. The highest BCUT2D eigenvalue weighted by Gasteiger charge is 2.13. The van der Waals surface area contributed by atoms with Crippen LogP contribution in [-0.2, 0) is 14.6 Å². The number of hydrogen-bond acceptors (Lipinski definition) is 3. The van der Waals surface area contributed by atoms with Gasteiger partial charge in [-0.05, 0) is 30.0 Å². The predicted octanol–water partition coefficient (Wildman–Crippen LogP) is 2.56. The first-order valence-electron chi connectivity index (χ1n) is 5.73. The number of sulfone groups is 1. The lowest BCUT2D eigenvalue weighted by Crippen LogP contribution is -2.07. The monoisotopic (exact) mass is 254 g/mol. The maximum absolute atomic E-state index is 11.9. The number of unbranched alkanes of at least 4 members (excludes halogenated alkanes) is 1. The molecule has 17 heavy (non-hydrogen) atoms. The van der Waals surface area contributed by atoms with E-state index in [-0.39, 0.29) is 5.75 Å². The van der Waals surface area contributed by atoms with Gasteiger partial charge in [0.15, 0.2) is 9.84 Å². The largest absolute Gasteiger partial charge is 0.303 e. The van der Waals surface area contributed by atoms with Crippen molar-refractivity contribution in [2.45, 2.75) is 37.5 Å². The van der Waals surface area contributed by atoms with Gasteiger partial charge in [0, 0.05) is 6.42 Å². The van der Waals surface area contributed by atoms with Gasteiger partial charge in [-0.3, -0.25) is 0 Å². The summed E-state index contributed by atoms with van der Waals surface area (Å²) in [6, 6.07) is 6.98. The molecule has 0 bridgehead atoms. The van der Waals surface area contributed by atoms with E-state index in [9.17, 15) is 13.2 Å². The Morgan fingerprint density at radius 1 is 1.18 bits per heavy atom. The topological polar surface area (TPSA) is 51.2 Å². The third kappa shape index (κ3) is 3.97. The van der Waals surface area contributed by atoms with Crippen molar-refractivity contribution in [3.63, 3.8) is 0 Å². The van der Waals surface area contributed by atoms with Crippen molar-refractivity contribution in [3.8, 4) is 0 Å². The summed E-state index contributed by atoms with van der Waals surface area (Å²) in [5, 5.41) is 0. The Bertz CT molecular complexity index is 458. The molecule has 1 aromatic rings. The Morgan fingerprint density at radius 2 is 1.76 bits per heavy atom. The summed E-state index contributed by atoms with van der Waals surface area (Å²) in [4.78, 5) is 10.5. The molecule has 0 fully saturated rings. The highest BCUT2D eigenvalue weighted by molar-refractivity contribution is 7.91. The van der Waals surface area contributed by atoms with E-state index in [2.05, 4.69) is 13.8 Å². The first kappa shape index (κ1) is 13.9. The van der Waals surface area contributed by atoms with E-state index in [4.69, 9.17) is 0 Å². The molecule has 0 aliphatic carbocycles. The Kier molecular flexibility index (Phi) is 4.87. The van der Waals surface area contributed by atoms with Gasteiger partial charge in [-0.1, -0.05) is 26.0 Å². The summed E-state index contributed by atoms with van der Waals surface area (Å²) < 4.78 is 23.7. The van der Waals surface area contributed by atoms with Gasteiger partial charge < -0.3 is 4.79 Å². The highest BCUT2D eigenvalue weighted by atomic mass is 32.2. The zero-order chi connectivity index (χ0) is 12.9. The van der Waals surface area contributed by atoms with Crippen LogP contribution in [0.4, 0.5) is 0 Å². The molecule has 1 aromatic carbocycles. The molecular formula is C13H18O3S. The van der Waals surface area contributed by atoms with Crippen LogP contribution in [0.1, 0.15) is 38.2 Å². The minimum Gasteiger partial charge on any atom is -0.303 e. The summed E-state index contributed by atoms with van der Waals surface area (Å²) in [7, 11) is -3.23. The van der Waals surface area contributed by atoms with Crippen LogP contribution in [0.2, 0.25) is 0 Å². The van der Waals surface area contributed by atoms with Crippen LogP contribution in [0.5, 0.6) is 0 Å². The molecule has 3 nitrogen and oxygen atoms in total. The van der Waals surface area contributed by atoms with Crippen LogP contribution in [0, 0.1) is 0 Å². The summed E-state index contributed by atoms with van der Waals surface area (Å²) in [5.41, 5.74) is 1.12. The van der Waals surface area contributed by atoms with Gasteiger partial charge in [0.05, 0.1) is 10.6 Å². The zero-order valence-electron chi connectivity index (χ0n) is 10.2. The number of carbonyl (C=O) groups is 1. The van der Waals surface area contributed by atoms with Crippen molar-refractivity contribution >= 4 is 16.1 Å². The Hall–Kier alpha value is -1.16. The summed E-state index contributed by atoms with van der Waals surface area (Å²) in [6.45, 7) is 4.13. The Morgan fingerprint density at radius 3 is 2.24 bits per heavy atom. The van der Waals surface area contributed by atoms with Crippen LogP contribution in [-0.4, -0.2) is 20.5 Å². The lowest BCUT2D eigenvalue weighted by atomic mass is 10.0. The SMILES string of the molecule is CC(C)c1ccc(S(=O)(=O)CCCC=O)cc1. The van der Waals surface area contributed by atoms with E-state index in [1.165, 1.54) is 0 Å². The van der Waals surface area contributed by atoms with Gasteiger partial charge in [0.25, 0.3) is 0 Å². The van der Waals surface area contributed by atoms with Gasteiger partial charge in [0.1, 0.15) is 6.29 Å². The summed E-state index contributed by atoms with van der Waals surface area (Å²) in [5.74, 6) is 0.425. The van der Waals surface area contributed by atoms with Crippen molar-refractivity contribution in [3.05, 3.63) is 29.8 Å². The Labute approximate surface area is 103 Å². The molecule has 0 spiro atoms. The van der Waals surface area contributed by atoms with Crippen LogP contribution >= 0.6 is 0 Å². The molecular weight excluding hydrogens is 236 g/mol. The van der Waals surface area contributed by atoms with E-state index in [0.717, 1.165) is 11.8 Å². The van der Waals surface area contributed by atoms with E-state index in [1.807, 2.05) is 12.1 Å². The number of aldehydes is 1. The summed E-state index contributed by atoms with van der Waals surface area (Å²) >= 11 is 0. The van der Waals surface area contributed by atoms with Gasteiger partial charge in [-0.2, -0.15) is 0 Å². The normalized spacial score (nSPS) is 11.7. The van der Waals surface area contributed by atoms with Crippen LogP contribution < -0.4 is 0 Å². The van der Waals surface area contributed by atoms with E-state index < -0.39 is 9.84 Å². The van der Waals surface area contributed by atoms with E-state index in [0.29, 0.717) is 23.7 Å². The fraction of sp³-hybridized carbons (Fsp3) is 0.462. The second-order valence-corrected chi connectivity index (χ2v) is 6.46. The van der Waals surface area contributed by atoms with Crippen molar-refractivity contribution in [2.75, 3.05) is 5.75 Å². The zero-order valence-corrected chi connectivity index (χ0v) is 11.0. The van der Waals surface area contributed by atoms with Crippen LogP contribution in [0.3, 0.4) is 0 Å². The van der Waals surface area contributed by atoms with Gasteiger partial charge in [-0.25, -0.2) is 8.42 Å². The minimum atomic E-state index is -3.23. The van der Waals surface area contributed by atoms with Crippen LogP contribution in [0.25, 0.3) is 0 Å². The van der Waals surface area contributed by atoms with Crippen LogP contribution in [0.15, 0.2) is 29.2 Å². The number of carbonyl (C=O) groups excluding carboxylic acids is 1. The molecule has 94 valence electrons. The van der Waals surface area contributed by atoms with Crippen molar-refractivity contribution in [2.24, 2.45) is 0 Å². The van der Waals surface area contributed by atoms with E-state index >= 15 is 0 Å². The van der Waals surface area contributed by atoms with Crippen molar-refractivity contribution in [1.29, 1.82) is 0 Å². The molecule has 0 amide bonds. The molecule has 0 saturated heterocycles. The highest BCUT2D eigenvalue weighted by Crippen LogP contribution is 2.18. The summed E-state index contributed by atoms with van der Waals surface area (Å²) in [6.07, 6.45) is 1.43. The standard InChI is InChI=1S/C13H18O3S/c1-11(2)12-5-7-13(8-6-12)17(15,16)10-4-3-9-14/h5-9,11H,3-4,10H2,1-2H3. The van der Waals surface area contributed by atoms with Gasteiger partial charge in [-0.15, -0.1) is 0 Å². The molecule has 1 rings (SSSR count). The minimum absolute atomic E-state index is 0.0345. The lowest BCUT2D eigenvalue weighted by Gasteiger charge is -2.07. The average molecular weight is 254 g/mol. The van der Waals surface area contributed by atoms with Gasteiger partial charge in [0.2, 0.25) is 0 Å². The second kappa shape index (κ2) is 5.96. The molecule has 0 aliphatic rings. The molecule has 4 heteroatoms. The second-order valence-electron chi connectivity index (χ2n) is 4.35. The molecule has 0 heterocycles. The Balaban J connectivity index is 2.81. The van der Waals surface area contributed by atoms with E-state index in [1.54, 1.807) is 12.1 Å². The fourth-order valence-electron chi connectivity index (χ4n) is 1.53. The quantitative estimate of drug-likeness (QED) is 0.579. The number of hydrogen-bond donors (Lipinski definition) is 0. The predicted molar refractivity (Wildman–Crippen MR) is 67.9 cm³/mol. The molecule has 0 N–H and O–H groups in total. The molecule has 0 radical (unpaired) electrons. The molecule has 0 unspecified atom stereocenters. The van der Waals surface area contributed by atoms with Crippen molar-refractivity contribution in [1.82, 2.24) is 0 Å². The first-order chi connectivity index (χ1) is 7.97. The average Bonchev–Trinajstić information content (AvgIpc) is 2.29. The molecule has 0 aromatic heterocycles. The number of rotatable bonds is 6. The third-order valence-corrected chi connectivity index (χ3v) is 4.46. The van der Waals surface area contributed by atoms with Crippen molar-refractivity contribution < 1.29 is 13.2 Å². The first-order valence-corrected chi connectivity index (χ1v) is 7.39. The molecule has 0 aliphatic heterocycles.